The molecule has 0 aliphatic rings. The summed E-state index contributed by atoms with van der Waals surface area (Å²) >= 11 is 6.14. The third kappa shape index (κ3) is 5.79. The Labute approximate surface area is 164 Å². The molecule has 0 unspecified atom stereocenters. The lowest BCUT2D eigenvalue weighted by Gasteiger charge is -2.15. The SMILES string of the molecule is CCCCOc1cc(CNc2c(OCCC)n[nH]c(=O)c2Cl)ccc1OC. The van der Waals surface area contributed by atoms with E-state index in [9.17, 15) is 4.79 Å². The highest BCUT2D eigenvalue weighted by molar-refractivity contribution is 6.33. The third-order valence-electron chi connectivity index (χ3n) is 3.79. The van der Waals surface area contributed by atoms with Crippen LogP contribution in [-0.2, 0) is 6.54 Å². The largest absolute Gasteiger partial charge is 0.493 e. The molecule has 0 fully saturated rings. The summed E-state index contributed by atoms with van der Waals surface area (Å²) in [6.45, 7) is 5.61. The predicted octanol–water partition coefficient (Wildman–Crippen LogP) is 4.01. The van der Waals surface area contributed by atoms with E-state index in [1.807, 2.05) is 25.1 Å². The number of anilines is 1. The number of benzene rings is 1. The third-order valence-corrected chi connectivity index (χ3v) is 4.15. The minimum Gasteiger partial charge on any atom is -0.493 e. The van der Waals surface area contributed by atoms with Crippen LogP contribution in [0.25, 0.3) is 0 Å². The molecule has 8 heteroatoms. The molecule has 0 saturated carbocycles. The van der Waals surface area contributed by atoms with Gasteiger partial charge in [0.2, 0.25) is 0 Å². The van der Waals surface area contributed by atoms with Gasteiger partial charge in [0.25, 0.3) is 11.4 Å². The molecular formula is C19H26ClN3O4. The van der Waals surface area contributed by atoms with E-state index in [2.05, 4.69) is 22.4 Å². The van der Waals surface area contributed by atoms with Crippen LogP contribution < -0.4 is 25.1 Å². The number of unbranched alkanes of at least 4 members (excludes halogenated alkanes) is 1. The molecule has 1 heterocycles. The van der Waals surface area contributed by atoms with Crippen LogP contribution in [-0.4, -0.2) is 30.5 Å². The van der Waals surface area contributed by atoms with Crippen molar-refractivity contribution >= 4 is 17.3 Å². The number of rotatable bonds is 11. The van der Waals surface area contributed by atoms with Gasteiger partial charge in [0.05, 0.1) is 20.3 Å². The standard InChI is InChI=1S/C19H26ClN3O4/c1-4-6-10-26-15-11-13(7-8-14(15)25-3)12-21-17-16(20)18(24)22-23-19(17)27-9-5-2/h7-8,11H,4-6,9-10,12H2,1-3H3,(H2,21,22,24). The lowest BCUT2D eigenvalue weighted by atomic mass is 10.2. The zero-order valence-electron chi connectivity index (χ0n) is 15.9. The number of halogens is 1. The van der Waals surface area contributed by atoms with Crippen LogP contribution in [0.5, 0.6) is 17.4 Å². The van der Waals surface area contributed by atoms with Gasteiger partial charge in [-0.25, -0.2) is 5.10 Å². The number of ether oxygens (including phenoxy) is 3. The van der Waals surface area contributed by atoms with E-state index in [0.29, 0.717) is 36.9 Å². The Kier molecular flexibility index (Phi) is 8.26. The highest BCUT2D eigenvalue weighted by Crippen LogP contribution is 2.30. The number of aromatic nitrogens is 2. The van der Waals surface area contributed by atoms with Crippen molar-refractivity contribution in [1.29, 1.82) is 0 Å². The summed E-state index contributed by atoms with van der Waals surface area (Å²) in [5.74, 6) is 1.63. The quantitative estimate of drug-likeness (QED) is 0.559. The topological polar surface area (TPSA) is 85.5 Å². The molecule has 0 amide bonds. The van der Waals surface area contributed by atoms with Crippen molar-refractivity contribution in [3.8, 4) is 17.4 Å². The molecule has 148 valence electrons. The summed E-state index contributed by atoms with van der Waals surface area (Å²) in [7, 11) is 1.61. The molecule has 0 bridgehead atoms. The van der Waals surface area contributed by atoms with Gasteiger partial charge in [-0.3, -0.25) is 4.79 Å². The van der Waals surface area contributed by atoms with Crippen LogP contribution >= 0.6 is 11.6 Å². The molecule has 7 nitrogen and oxygen atoms in total. The van der Waals surface area contributed by atoms with Crippen molar-refractivity contribution in [1.82, 2.24) is 10.2 Å². The fraction of sp³-hybridized carbons (Fsp3) is 0.474. The summed E-state index contributed by atoms with van der Waals surface area (Å²) in [6.07, 6.45) is 2.84. The maximum atomic E-state index is 11.8. The van der Waals surface area contributed by atoms with Gasteiger partial charge in [-0.2, -0.15) is 0 Å². The summed E-state index contributed by atoms with van der Waals surface area (Å²) in [6, 6.07) is 5.67. The second-order valence-corrected chi connectivity index (χ2v) is 6.31. The van der Waals surface area contributed by atoms with Crippen molar-refractivity contribution in [3.05, 3.63) is 39.1 Å². The van der Waals surface area contributed by atoms with Crippen molar-refractivity contribution in [3.63, 3.8) is 0 Å². The molecule has 0 spiro atoms. The molecule has 2 aromatic rings. The van der Waals surface area contributed by atoms with E-state index in [-0.39, 0.29) is 10.9 Å². The first kappa shape index (κ1) is 20.9. The Bertz CT molecular complexity index is 795. The monoisotopic (exact) mass is 395 g/mol. The second kappa shape index (κ2) is 10.7. The zero-order valence-corrected chi connectivity index (χ0v) is 16.7. The van der Waals surface area contributed by atoms with Crippen LogP contribution in [0.2, 0.25) is 5.02 Å². The molecule has 27 heavy (non-hydrogen) atoms. The van der Waals surface area contributed by atoms with Crippen molar-refractivity contribution < 1.29 is 14.2 Å². The minimum absolute atomic E-state index is 0.0176. The fourth-order valence-corrected chi connectivity index (χ4v) is 2.52. The average molecular weight is 396 g/mol. The van der Waals surface area contributed by atoms with Crippen LogP contribution in [0.4, 0.5) is 5.69 Å². The molecule has 0 saturated heterocycles. The maximum absolute atomic E-state index is 11.8. The molecule has 2 rings (SSSR count). The number of nitrogens with one attached hydrogen (secondary N) is 2. The Morgan fingerprint density at radius 3 is 2.67 bits per heavy atom. The van der Waals surface area contributed by atoms with Crippen molar-refractivity contribution in [2.45, 2.75) is 39.7 Å². The van der Waals surface area contributed by atoms with Gasteiger partial charge in [-0.05, 0) is 30.5 Å². The molecule has 0 atom stereocenters. The second-order valence-electron chi connectivity index (χ2n) is 5.94. The minimum atomic E-state index is -0.471. The smallest absolute Gasteiger partial charge is 0.285 e. The van der Waals surface area contributed by atoms with Gasteiger partial charge in [0, 0.05) is 6.54 Å². The Morgan fingerprint density at radius 1 is 1.15 bits per heavy atom. The predicted molar refractivity (Wildman–Crippen MR) is 106 cm³/mol. The van der Waals surface area contributed by atoms with Crippen LogP contribution in [0.3, 0.4) is 0 Å². The van der Waals surface area contributed by atoms with Crippen LogP contribution in [0, 0.1) is 0 Å². The number of methoxy groups -OCH3 is 1. The van der Waals surface area contributed by atoms with E-state index in [4.69, 9.17) is 25.8 Å². The molecule has 1 aromatic heterocycles. The molecule has 0 aliphatic heterocycles. The summed E-state index contributed by atoms with van der Waals surface area (Å²) in [4.78, 5) is 11.8. The first-order chi connectivity index (χ1) is 13.1. The Hall–Kier alpha value is -2.41. The van der Waals surface area contributed by atoms with E-state index < -0.39 is 5.56 Å². The number of hydrogen-bond acceptors (Lipinski definition) is 6. The number of nitrogens with zero attached hydrogens (tertiary/aromatic N) is 1. The Balaban J connectivity index is 2.17. The molecule has 1 aromatic carbocycles. The number of hydrogen-bond donors (Lipinski definition) is 2. The van der Waals surface area contributed by atoms with Gasteiger partial charge in [-0.1, -0.05) is 37.9 Å². The van der Waals surface area contributed by atoms with E-state index in [0.717, 1.165) is 24.8 Å². The summed E-state index contributed by atoms with van der Waals surface area (Å²) in [5, 5.41) is 9.42. The number of aromatic amines is 1. The van der Waals surface area contributed by atoms with Crippen molar-refractivity contribution in [2.24, 2.45) is 0 Å². The highest BCUT2D eigenvalue weighted by Gasteiger charge is 2.14. The number of H-pyrrole nitrogens is 1. The van der Waals surface area contributed by atoms with Gasteiger partial charge in [0.15, 0.2) is 11.5 Å². The van der Waals surface area contributed by atoms with E-state index >= 15 is 0 Å². The lowest BCUT2D eigenvalue weighted by molar-refractivity contribution is 0.288. The summed E-state index contributed by atoms with van der Waals surface area (Å²) < 4.78 is 16.7. The highest BCUT2D eigenvalue weighted by atomic mass is 35.5. The molecule has 2 N–H and O–H groups in total. The maximum Gasteiger partial charge on any atom is 0.285 e. The van der Waals surface area contributed by atoms with E-state index in [1.54, 1.807) is 7.11 Å². The Morgan fingerprint density at radius 2 is 1.96 bits per heavy atom. The zero-order chi connectivity index (χ0) is 19.6. The lowest BCUT2D eigenvalue weighted by Crippen LogP contribution is -2.15. The van der Waals surface area contributed by atoms with Gasteiger partial charge >= 0.3 is 0 Å². The average Bonchev–Trinajstić information content (AvgIpc) is 2.68. The van der Waals surface area contributed by atoms with Gasteiger partial charge in [0.1, 0.15) is 10.7 Å². The first-order valence-corrected chi connectivity index (χ1v) is 9.43. The van der Waals surface area contributed by atoms with Crippen LogP contribution in [0.1, 0.15) is 38.7 Å². The van der Waals surface area contributed by atoms with Crippen LogP contribution in [0.15, 0.2) is 23.0 Å². The van der Waals surface area contributed by atoms with E-state index in [1.165, 1.54) is 0 Å². The normalized spacial score (nSPS) is 10.5. The molecule has 0 radical (unpaired) electrons. The van der Waals surface area contributed by atoms with Gasteiger partial charge in [-0.15, -0.1) is 5.10 Å². The fourth-order valence-electron chi connectivity index (χ4n) is 2.33. The molecule has 0 aliphatic carbocycles. The first-order valence-electron chi connectivity index (χ1n) is 9.05. The molecular weight excluding hydrogens is 370 g/mol. The van der Waals surface area contributed by atoms with Crippen molar-refractivity contribution in [2.75, 3.05) is 25.6 Å². The van der Waals surface area contributed by atoms with Gasteiger partial charge < -0.3 is 19.5 Å². The summed E-state index contributed by atoms with van der Waals surface area (Å²) in [5.41, 5.74) is 0.847.